The van der Waals surface area contributed by atoms with Crippen LogP contribution in [0.4, 0.5) is 22.0 Å². The molecule has 0 fully saturated rings. The van der Waals surface area contributed by atoms with Gasteiger partial charge < -0.3 is 9.84 Å². The summed E-state index contributed by atoms with van der Waals surface area (Å²) in [5.41, 5.74) is -0.776. The van der Waals surface area contributed by atoms with E-state index in [-0.39, 0.29) is 28.5 Å². The minimum Gasteiger partial charge on any atom is -0.476 e. The SMILES string of the molecule is CCn1nc(C(=O)O)c(Cl)c1-c1cnc(CCC(F)(F)F)cc1OC(F)F. The number of carbonyl (C=O) groups is 1. The molecular weight excluding hydrogens is 401 g/mol. The molecule has 27 heavy (non-hydrogen) atoms. The van der Waals surface area contributed by atoms with Crippen LogP contribution in [0.25, 0.3) is 11.3 Å². The first-order valence-corrected chi connectivity index (χ1v) is 7.91. The summed E-state index contributed by atoms with van der Waals surface area (Å²) in [4.78, 5) is 15.0. The molecule has 2 aromatic rings. The van der Waals surface area contributed by atoms with Crippen molar-refractivity contribution < 1.29 is 36.6 Å². The van der Waals surface area contributed by atoms with E-state index in [1.54, 1.807) is 6.92 Å². The summed E-state index contributed by atoms with van der Waals surface area (Å²) < 4.78 is 68.2. The van der Waals surface area contributed by atoms with E-state index < -0.39 is 43.0 Å². The number of carboxylic acid groups (broad SMARTS) is 1. The molecule has 0 amide bonds. The normalized spacial score (nSPS) is 11.9. The Kier molecular flexibility index (Phi) is 6.24. The molecule has 0 atom stereocenters. The molecule has 0 aliphatic carbocycles. The lowest BCUT2D eigenvalue weighted by Crippen LogP contribution is -2.10. The first-order chi connectivity index (χ1) is 12.5. The Morgan fingerprint density at radius 2 is 2.07 bits per heavy atom. The van der Waals surface area contributed by atoms with Crippen molar-refractivity contribution in [2.75, 3.05) is 0 Å². The van der Waals surface area contributed by atoms with Gasteiger partial charge >= 0.3 is 18.8 Å². The lowest BCUT2D eigenvalue weighted by atomic mass is 10.1. The number of hydrogen-bond acceptors (Lipinski definition) is 4. The average Bonchev–Trinajstić information content (AvgIpc) is 2.89. The highest BCUT2D eigenvalue weighted by molar-refractivity contribution is 6.35. The zero-order chi connectivity index (χ0) is 20.4. The Morgan fingerprint density at radius 1 is 1.41 bits per heavy atom. The summed E-state index contributed by atoms with van der Waals surface area (Å²) in [7, 11) is 0. The number of rotatable bonds is 7. The monoisotopic (exact) mass is 413 g/mol. The van der Waals surface area contributed by atoms with Crippen LogP contribution >= 0.6 is 11.6 Å². The van der Waals surface area contributed by atoms with Gasteiger partial charge in [0.05, 0.1) is 11.3 Å². The number of halogens is 6. The molecule has 0 bridgehead atoms. The van der Waals surface area contributed by atoms with Gasteiger partial charge in [0.25, 0.3) is 0 Å². The minimum atomic E-state index is -4.44. The summed E-state index contributed by atoms with van der Waals surface area (Å²) in [6.45, 7) is -1.51. The van der Waals surface area contributed by atoms with E-state index in [1.165, 1.54) is 0 Å². The number of hydrogen-bond donors (Lipinski definition) is 1. The van der Waals surface area contributed by atoms with Gasteiger partial charge in [0.15, 0.2) is 5.69 Å². The summed E-state index contributed by atoms with van der Waals surface area (Å²) in [6.07, 6.45) is -5.16. The third-order valence-electron chi connectivity index (χ3n) is 3.46. The molecule has 0 aromatic carbocycles. The first-order valence-electron chi connectivity index (χ1n) is 7.54. The van der Waals surface area contributed by atoms with Gasteiger partial charge in [-0.3, -0.25) is 9.67 Å². The highest BCUT2D eigenvalue weighted by Crippen LogP contribution is 2.38. The summed E-state index contributed by atoms with van der Waals surface area (Å²) >= 11 is 6.02. The average molecular weight is 414 g/mol. The van der Waals surface area contributed by atoms with Gasteiger partial charge in [-0.1, -0.05) is 11.6 Å². The van der Waals surface area contributed by atoms with Crippen LogP contribution in [-0.4, -0.2) is 38.6 Å². The van der Waals surface area contributed by atoms with Crippen molar-refractivity contribution in [1.82, 2.24) is 14.8 Å². The van der Waals surface area contributed by atoms with Crippen molar-refractivity contribution in [2.45, 2.75) is 39.1 Å². The molecule has 1 N–H and O–H groups in total. The topological polar surface area (TPSA) is 77.2 Å². The zero-order valence-corrected chi connectivity index (χ0v) is 14.5. The molecule has 2 aromatic heterocycles. The molecule has 0 unspecified atom stereocenters. The Labute approximate surface area is 154 Å². The van der Waals surface area contributed by atoms with E-state index in [1.807, 2.05) is 0 Å². The van der Waals surface area contributed by atoms with Crippen molar-refractivity contribution in [3.8, 4) is 17.0 Å². The predicted molar refractivity (Wildman–Crippen MR) is 84.1 cm³/mol. The van der Waals surface area contributed by atoms with Crippen molar-refractivity contribution >= 4 is 17.6 Å². The van der Waals surface area contributed by atoms with Gasteiger partial charge in [0.1, 0.15) is 10.8 Å². The second kappa shape index (κ2) is 8.07. The molecule has 12 heteroatoms. The molecule has 0 aliphatic rings. The second-order valence-electron chi connectivity index (χ2n) is 5.30. The van der Waals surface area contributed by atoms with Crippen LogP contribution in [0.3, 0.4) is 0 Å². The molecule has 2 heterocycles. The molecule has 6 nitrogen and oxygen atoms in total. The van der Waals surface area contributed by atoms with Gasteiger partial charge in [-0.2, -0.15) is 27.1 Å². The molecule has 0 spiro atoms. The molecule has 0 aliphatic heterocycles. The fourth-order valence-corrected chi connectivity index (χ4v) is 2.64. The number of aromatic carboxylic acids is 1. The minimum absolute atomic E-state index is 0.0397. The van der Waals surface area contributed by atoms with E-state index in [0.29, 0.717) is 0 Å². The summed E-state index contributed by atoms with van der Waals surface area (Å²) in [5.74, 6) is -1.91. The largest absolute Gasteiger partial charge is 0.476 e. The standard InChI is InChI=1S/C15H13ClF5N3O3/c1-2-24-12(10(16)11(23-24)13(25)26)8-6-22-7(3-4-15(19,20)21)5-9(8)27-14(17)18/h5-6,14H,2-4H2,1H3,(H,25,26). The van der Waals surface area contributed by atoms with Crippen molar-refractivity contribution in [3.05, 3.63) is 28.7 Å². The summed E-state index contributed by atoms with van der Waals surface area (Å²) in [6, 6.07) is 0.941. The highest BCUT2D eigenvalue weighted by atomic mass is 35.5. The lowest BCUT2D eigenvalue weighted by Gasteiger charge is -2.14. The maximum Gasteiger partial charge on any atom is 0.389 e. The number of aryl methyl sites for hydroxylation is 2. The van der Waals surface area contributed by atoms with E-state index in [9.17, 15) is 26.7 Å². The predicted octanol–water partition coefficient (Wildman–Crippen LogP) is 4.41. The summed E-state index contributed by atoms with van der Waals surface area (Å²) in [5, 5.41) is 12.6. The Hall–Kier alpha value is -2.43. The molecule has 0 saturated heterocycles. The van der Waals surface area contributed by atoms with E-state index in [2.05, 4.69) is 14.8 Å². The zero-order valence-electron chi connectivity index (χ0n) is 13.7. The Morgan fingerprint density at radius 3 is 2.59 bits per heavy atom. The molecular formula is C15H13ClF5N3O3. The lowest BCUT2D eigenvalue weighted by molar-refractivity contribution is -0.134. The van der Waals surface area contributed by atoms with Crippen LogP contribution in [0.2, 0.25) is 5.02 Å². The second-order valence-corrected chi connectivity index (χ2v) is 5.68. The van der Waals surface area contributed by atoms with Gasteiger partial charge in [0.2, 0.25) is 0 Å². The molecule has 0 saturated carbocycles. The van der Waals surface area contributed by atoms with Crippen LogP contribution < -0.4 is 4.74 Å². The van der Waals surface area contributed by atoms with Gasteiger partial charge in [-0.15, -0.1) is 0 Å². The van der Waals surface area contributed by atoms with Crippen LogP contribution in [-0.2, 0) is 13.0 Å². The fourth-order valence-electron chi connectivity index (χ4n) is 2.32. The Balaban J connectivity index is 2.54. The maximum atomic E-state index is 12.8. The van der Waals surface area contributed by atoms with Gasteiger partial charge in [-0.25, -0.2) is 4.79 Å². The third-order valence-corrected chi connectivity index (χ3v) is 3.81. The van der Waals surface area contributed by atoms with Crippen LogP contribution in [0, 0.1) is 0 Å². The van der Waals surface area contributed by atoms with E-state index in [4.69, 9.17) is 16.7 Å². The third kappa shape index (κ3) is 5.06. The smallest absolute Gasteiger partial charge is 0.389 e. The van der Waals surface area contributed by atoms with Gasteiger partial charge in [-0.05, 0) is 13.3 Å². The van der Waals surface area contributed by atoms with E-state index >= 15 is 0 Å². The molecule has 148 valence electrons. The quantitative estimate of drug-likeness (QED) is 0.680. The number of carboxylic acids is 1. The molecule has 2 rings (SSSR count). The molecule has 0 radical (unpaired) electrons. The number of pyridine rings is 1. The van der Waals surface area contributed by atoms with Gasteiger partial charge in [0, 0.05) is 30.9 Å². The maximum absolute atomic E-state index is 12.8. The van der Waals surface area contributed by atoms with Crippen LogP contribution in [0.1, 0.15) is 29.5 Å². The number of aromatic nitrogens is 3. The number of ether oxygens (including phenoxy) is 1. The van der Waals surface area contributed by atoms with Crippen LogP contribution in [0.15, 0.2) is 12.3 Å². The number of nitrogens with zero attached hydrogens (tertiary/aromatic N) is 3. The fraction of sp³-hybridized carbons (Fsp3) is 0.400. The van der Waals surface area contributed by atoms with Crippen molar-refractivity contribution in [2.24, 2.45) is 0 Å². The van der Waals surface area contributed by atoms with Crippen LogP contribution in [0.5, 0.6) is 5.75 Å². The Bertz CT molecular complexity index is 839. The first kappa shape index (κ1) is 20.9. The van der Waals surface area contributed by atoms with E-state index in [0.717, 1.165) is 16.9 Å². The highest BCUT2D eigenvalue weighted by Gasteiger charge is 2.28. The number of alkyl halides is 5. The van der Waals surface area contributed by atoms with Crippen molar-refractivity contribution in [1.29, 1.82) is 0 Å². The van der Waals surface area contributed by atoms with Crippen molar-refractivity contribution in [3.63, 3.8) is 0 Å².